The average molecular weight is 355 g/mol. The number of ether oxygens (including phenoxy) is 1. The van der Waals surface area contributed by atoms with Crippen LogP contribution in [0.4, 0.5) is 11.6 Å². The Labute approximate surface area is 148 Å². The second-order valence-electron chi connectivity index (χ2n) is 5.34. The van der Waals surface area contributed by atoms with Gasteiger partial charge in [-0.15, -0.1) is 11.3 Å². The number of rotatable bonds is 6. The van der Waals surface area contributed by atoms with Crippen molar-refractivity contribution >= 4 is 28.9 Å². The van der Waals surface area contributed by atoms with E-state index in [1.54, 1.807) is 13.3 Å². The number of amides is 1. The molecule has 0 aliphatic rings. The molecular formula is C17H17N5O2S. The predicted molar refractivity (Wildman–Crippen MR) is 96.8 cm³/mol. The molecule has 3 N–H and O–H groups in total. The monoisotopic (exact) mass is 355 g/mol. The Morgan fingerprint density at radius 3 is 2.84 bits per heavy atom. The van der Waals surface area contributed by atoms with Crippen molar-refractivity contribution in [3.8, 4) is 10.6 Å². The molecule has 3 aromatic heterocycles. The van der Waals surface area contributed by atoms with Crippen LogP contribution >= 0.6 is 11.3 Å². The van der Waals surface area contributed by atoms with Crippen molar-refractivity contribution in [2.45, 2.75) is 13.5 Å². The number of anilines is 2. The van der Waals surface area contributed by atoms with E-state index in [-0.39, 0.29) is 11.6 Å². The molecule has 0 aliphatic heterocycles. The molecule has 25 heavy (non-hydrogen) atoms. The zero-order valence-electron chi connectivity index (χ0n) is 13.8. The maximum absolute atomic E-state index is 11.4. The van der Waals surface area contributed by atoms with Crippen molar-refractivity contribution in [2.75, 3.05) is 12.4 Å². The first-order valence-electron chi connectivity index (χ1n) is 7.52. The second-order valence-corrected chi connectivity index (χ2v) is 6.34. The molecule has 0 unspecified atom stereocenters. The van der Waals surface area contributed by atoms with Gasteiger partial charge in [-0.25, -0.2) is 15.0 Å². The first-order chi connectivity index (χ1) is 12.1. The van der Waals surface area contributed by atoms with Crippen LogP contribution in [0.2, 0.25) is 0 Å². The normalized spacial score (nSPS) is 10.6. The van der Waals surface area contributed by atoms with E-state index >= 15 is 0 Å². The standard InChI is InChI=1S/C17H17N5O2S/c1-10-6-7-19-14(8-10)22-13-5-3-4-11(20-13)15-12(9-24-2)21-17(25-15)16(18)23/h3-8H,9H2,1-2H3,(H2,18,23)(H,19,20,22). The molecule has 0 bridgehead atoms. The van der Waals surface area contributed by atoms with E-state index in [0.717, 1.165) is 10.4 Å². The number of aromatic nitrogens is 3. The maximum Gasteiger partial charge on any atom is 0.277 e. The van der Waals surface area contributed by atoms with Gasteiger partial charge in [0, 0.05) is 13.3 Å². The molecule has 8 heteroatoms. The number of nitrogens with zero attached hydrogens (tertiary/aromatic N) is 3. The SMILES string of the molecule is COCc1nc(C(N)=O)sc1-c1cccc(Nc2cc(C)ccn2)n1. The summed E-state index contributed by atoms with van der Waals surface area (Å²) in [6.07, 6.45) is 1.74. The van der Waals surface area contributed by atoms with Gasteiger partial charge in [-0.1, -0.05) is 6.07 Å². The lowest BCUT2D eigenvalue weighted by molar-refractivity contribution is 0.0999. The molecule has 3 heterocycles. The summed E-state index contributed by atoms with van der Waals surface area (Å²) >= 11 is 1.21. The fraction of sp³-hybridized carbons (Fsp3) is 0.176. The lowest BCUT2D eigenvalue weighted by Crippen LogP contribution is -2.10. The Morgan fingerprint density at radius 1 is 1.28 bits per heavy atom. The number of nitrogens with two attached hydrogens (primary N) is 1. The van der Waals surface area contributed by atoms with Crippen molar-refractivity contribution in [1.29, 1.82) is 0 Å². The Balaban J connectivity index is 1.94. The summed E-state index contributed by atoms with van der Waals surface area (Å²) in [5.41, 5.74) is 7.77. The number of primary amides is 1. The number of hydrogen-bond donors (Lipinski definition) is 2. The number of methoxy groups -OCH3 is 1. The molecular weight excluding hydrogens is 338 g/mol. The lowest BCUT2D eigenvalue weighted by Gasteiger charge is -2.07. The minimum atomic E-state index is -0.563. The maximum atomic E-state index is 11.4. The third kappa shape index (κ3) is 3.98. The first-order valence-corrected chi connectivity index (χ1v) is 8.34. The fourth-order valence-electron chi connectivity index (χ4n) is 2.26. The molecule has 7 nitrogen and oxygen atoms in total. The third-order valence-corrected chi connectivity index (χ3v) is 4.48. The smallest absolute Gasteiger partial charge is 0.277 e. The molecule has 0 aromatic carbocycles. The van der Waals surface area contributed by atoms with Gasteiger partial charge in [0.05, 0.1) is 22.9 Å². The van der Waals surface area contributed by atoms with E-state index < -0.39 is 5.91 Å². The lowest BCUT2D eigenvalue weighted by atomic mass is 10.2. The van der Waals surface area contributed by atoms with Crippen molar-refractivity contribution in [3.63, 3.8) is 0 Å². The van der Waals surface area contributed by atoms with Gasteiger partial charge in [-0.3, -0.25) is 4.79 Å². The highest BCUT2D eigenvalue weighted by Crippen LogP contribution is 2.30. The van der Waals surface area contributed by atoms with Crippen LogP contribution in [-0.2, 0) is 11.3 Å². The molecule has 0 fully saturated rings. The number of carbonyl (C=O) groups is 1. The number of pyridine rings is 2. The molecule has 128 valence electrons. The topological polar surface area (TPSA) is 103 Å². The number of thiazole rings is 1. The molecule has 0 atom stereocenters. The summed E-state index contributed by atoms with van der Waals surface area (Å²) in [5.74, 6) is 0.795. The minimum Gasteiger partial charge on any atom is -0.378 e. The highest BCUT2D eigenvalue weighted by Gasteiger charge is 2.17. The largest absolute Gasteiger partial charge is 0.378 e. The Bertz CT molecular complexity index is 910. The van der Waals surface area contributed by atoms with Crippen molar-refractivity contribution in [3.05, 3.63) is 52.8 Å². The summed E-state index contributed by atoms with van der Waals surface area (Å²) in [4.78, 5) is 25.3. The van der Waals surface area contributed by atoms with Gasteiger partial charge >= 0.3 is 0 Å². The van der Waals surface area contributed by atoms with Crippen LogP contribution in [0.15, 0.2) is 36.5 Å². The Morgan fingerprint density at radius 2 is 2.12 bits per heavy atom. The Kier molecular flexibility index (Phi) is 5.01. The van der Waals surface area contributed by atoms with E-state index in [1.165, 1.54) is 11.3 Å². The van der Waals surface area contributed by atoms with Crippen LogP contribution in [-0.4, -0.2) is 28.0 Å². The predicted octanol–water partition coefficient (Wildman–Crippen LogP) is 2.90. The van der Waals surface area contributed by atoms with Crippen LogP contribution in [0.1, 0.15) is 21.1 Å². The van der Waals surface area contributed by atoms with Gasteiger partial charge in [0.25, 0.3) is 5.91 Å². The second kappa shape index (κ2) is 7.37. The molecule has 0 saturated heterocycles. The summed E-state index contributed by atoms with van der Waals surface area (Å²) in [6, 6.07) is 9.43. The minimum absolute atomic E-state index is 0.238. The number of carbonyl (C=O) groups excluding carboxylic acids is 1. The molecule has 3 rings (SSSR count). The zero-order valence-corrected chi connectivity index (χ0v) is 14.6. The molecule has 1 amide bonds. The van der Waals surface area contributed by atoms with Gasteiger partial charge in [0.15, 0.2) is 5.01 Å². The van der Waals surface area contributed by atoms with Crippen molar-refractivity contribution < 1.29 is 9.53 Å². The van der Waals surface area contributed by atoms with E-state index in [4.69, 9.17) is 10.5 Å². The van der Waals surface area contributed by atoms with Crippen LogP contribution in [0, 0.1) is 6.92 Å². The first kappa shape index (κ1) is 17.0. The highest BCUT2D eigenvalue weighted by molar-refractivity contribution is 7.17. The molecule has 0 saturated carbocycles. The van der Waals surface area contributed by atoms with Gasteiger partial charge < -0.3 is 15.8 Å². The van der Waals surface area contributed by atoms with Crippen LogP contribution in [0.3, 0.4) is 0 Å². The highest BCUT2D eigenvalue weighted by atomic mass is 32.1. The van der Waals surface area contributed by atoms with E-state index in [1.807, 2.05) is 37.3 Å². The summed E-state index contributed by atoms with van der Waals surface area (Å²) in [6.45, 7) is 2.27. The van der Waals surface area contributed by atoms with E-state index in [2.05, 4.69) is 20.3 Å². The number of aryl methyl sites for hydroxylation is 1. The van der Waals surface area contributed by atoms with Crippen molar-refractivity contribution in [2.24, 2.45) is 5.73 Å². The Hall–Kier alpha value is -2.84. The molecule has 0 spiro atoms. The van der Waals surface area contributed by atoms with Crippen LogP contribution < -0.4 is 11.1 Å². The molecule has 0 aliphatic carbocycles. The zero-order chi connectivity index (χ0) is 17.8. The van der Waals surface area contributed by atoms with Gasteiger partial charge in [0.1, 0.15) is 11.6 Å². The molecule has 3 aromatic rings. The quantitative estimate of drug-likeness (QED) is 0.705. The number of nitrogens with one attached hydrogen (secondary N) is 1. The summed E-state index contributed by atoms with van der Waals surface area (Å²) in [7, 11) is 1.57. The van der Waals surface area contributed by atoms with Gasteiger partial charge in [-0.2, -0.15) is 0 Å². The van der Waals surface area contributed by atoms with E-state index in [0.29, 0.717) is 23.0 Å². The van der Waals surface area contributed by atoms with Crippen LogP contribution in [0.5, 0.6) is 0 Å². The average Bonchev–Trinajstić information content (AvgIpc) is 3.00. The fourth-order valence-corrected chi connectivity index (χ4v) is 3.15. The molecule has 0 radical (unpaired) electrons. The van der Waals surface area contributed by atoms with E-state index in [9.17, 15) is 4.79 Å². The number of hydrogen-bond acceptors (Lipinski definition) is 7. The van der Waals surface area contributed by atoms with Crippen LogP contribution in [0.25, 0.3) is 10.6 Å². The summed E-state index contributed by atoms with van der Waals surface area (Å²) < 4.78 is 5.16. The van der Waals surface area contributed by atoms with Crippen molar-refractivity contribution in [1.82, 2.24) is 15.0 Å². The van der Waals surface area contributed by atoms with Gasteiger partial charge in [0.2, 0.25) is 0 Å². The summed E-state index contributed by atoms with van der Waals surface area (Å²) in [5, 5.41) is 3.41. The van der Waals surface area contributed by atoms with Gasteiger partial charge in [-0.05, 0) is 36.8 Å². The third-order valence-electron chi connectivity index (χ3n) is 3.34.